The largest absolute Gasteiger partial charge is 0.324 e. The van der Waals surface area contributed by atoms with E-state index < -0.39 is 17.4 Å². The molecule has 7 heteroatoms. The molecule has 3 saturated heterocycles. The van der Waals surface area contributed by atoms with Crippen LogP contribution in [0.25, 0.3) is 0 Å². The van der Waals surface area contributed by atoms with E-state index in [1.54, 1.807) is 24.3 Å². The van der Waals surface area contributed by atoms with Gasteiger partial charge in [-0.15, -0.1) is 0 Å². The molecule has 3 amide bonds. The van der Waals surface area contributed by atoms with Crippen molar-refractivity contribution in [2.45, 2.75) is 38.3 Å². The molecule has 4 atom stereocenters. The van der Waals surface area contributed by atoms with Crippen molar-refractivity contribution < 1.29 is 14.4 Å². The maximum Gasteiger partial charge on any atom is 0.250 e. The normalized spacial score (nSPS) is 31.4. The highest BCUT2D eigenvalue weighted by atomic mass is 35.5. The number of para-hydroxylation sites is 1. The van der Waals surface area contributed by atoms with Crippen LogP contribution in [0.4, 0.5) is 11.4 Å². The molecule has 6 nitrogen and oxygen atoms in total. The number of anilines is 2. The van der Waals surface area contributed by atoms with Gasteiger partial charge < -0.3 is 5.32 Å². The Labute approximate surface area is 185 Å². The average molecular weight is 436 g/mol. The Morgan fingerprint density at radius 1 is 1.06 bits per heavy atom. The molecule has 0 unspecified atom stereocenters. The second-order valence-electron chi connectivity index (χ2n) is 9.02. The highest BCUT2D eigenvalue weighted by molar-refractivity contribution is 6.36. The first-order chi connectivity index (χ1) is 14.9. The van der Waals surface area contributed by atoms with Crippen molar-refractivity contribution in [1.29, 1.82) is 0 Å². The molecule has 31 heavy (non-hydrogen) atoms. The number of hydrogen-bond donors (Lipinski definition) is 1. The molecule has 0 aliphatic carbocycles. The van der Waals surface area contributed by atoms with E-state index in [-0.39, 0.29) is 23.8 Å². The minimum atomic E-state index is -1.15. The number of aryl methyl sites for hydroxylation is 1. The van der Waals surface area contributed by atoms with Gasteiger partial charge in [0, 0.05) is 17.3 Å². The fraction of sp³-hybridized carbons (Fsp3) is 0.375. The highest BCUT2D eigenvalue weighted by Gasteiger charge is 2.74. The van der Waals surface area contributed by atoms with Crippen LogP contribution in [0.3, 0.4) is 0 Å². The van der Waals surface area contributed by atoms with Gasteiger partial charge in [0.2, 0.25) is 17.7 Å². The van der Waals surface area contributed by atoms with Crippen LogP contribution in [0.15, 0.2) is 36.4 Å². The molecule has 4 aliphatic rings. The van der Waals surface area contributed by atoms with Gasteiger partial charge in [0.05, 0.1) is 22.5 Å². The second-order valence-corrected chi connectivity index (χ2v) is 9.43. The number of carbonyl (C=O) groups is 3. The summed E-state index contributed by atoms with van der Waals surface area (Å²) in [6.07, 6.45) is 1.70. The van der Waals surface area contributed by atoms with Crippen LogP contribution >= 0.6 is 11.6 Å². The number of carbonyl (C=O) groups excluding carboxylic acids is 3. The molecule has 0 saturated carbocycles. The van der Waals surface area contributed by atoms with Gasteiger partial charge >= 0.3 is 0 Å². The highest BCUT2D eigenvalue weighted by Crippen LogP contribution is 2.61. The predicted octanol–water partition coefficient (Wildman–Crippen LogP) is 3.39. The smallest absolute Gasteiger partial charge is 0.250 e. The molecule has 0 bridgehead atoms. The molecule has 2 aromatic rings. The molecule has 3 fully saturated rings. The van der Waals surface area contributed by atoms with Crippen molar-refractivity contribution in [3.05, 3.63) is 58.1 Å². The number of nitrogens with zero attached hydrogens (tertiary/aromatic N) is 2. The summed E-state index contributed by atoms with van der Waals surface area (Å²) in [6, 6.07) is 10.7. The molecule has 0 aromatic heterocycles. The lowest BCUT2D eigenvalue weighted by Crippen LogP contribution is -2.54. The van der Waals surface area contributed by atoms with E-state index in [1.165, 1.54) is 4.90 Å². The summed E-state index contributed by atoms with van der Waals surface area (Å²) < 4.78 is 0. The topological polar surface area (TPSA) is 69.7 Å². The van der Waals surface area contributed by atoms with E-state index in [0.717, 1.165) is 35.2 Å². The number of rotatable bonds is 1. The molecule has 4 heterocycles. The fourth-order valence-electron chi connectivity index (χ4n) is 6.39. The van der Waals surface area contributed by atoms with Gasteiger partial charge in [-0.25, -0.2) is 4.90 Å². The van der Waals surface area contributed by atoms with Gasteiger partial charge in [0.25, 0.3) is 0 Å². The summed E-state index contributed by atoms with van der Waals surface area (Å²) >= 11 is 6.37. The SMILES string of the molecule is Cc1ccc2c(c1C)NC(=O)[C@]21[C@@H]2C(=O)N(c3ccccc3Cl)C(=O)[C@@H]2[C@@H]2CCCN21. The van der Waals surface area contributed by atoms with Crippen molar-refractivity contribution in [3.8, 4) is 0 Å². The van der Waals surface area contributed by atoms with E-state index in [2.05, 4.69) is 10.2 Å². The van der Waals surface area contributed by atoms with Crippen LogP contribution in [-0.2, 0) is 19.9 Å². The number of nitrogens with one attached hydrogen (secondary N) is 1. The zero-order valence-electron chi connectivity index (χ0n) is 17.3. The van der Waals surface area contributed by atoms with Gasteiger partial charge in [-0.05, 0) is 56.5 Å². The van der Waals surface area contributed by atoms with Gasteiger partial charge in [-0.3, -0.25) is 19.3 Å². The maximum absolute atomic E-state index is 13.9. The van der Waals surface area contributed by atoms with Crippen LogP contribution in [0.2, 0.25) is 5.02 Å². The van der Waals surface area contributed by atoms with Crippen LogP contribution in [0, 0.1) is 25.7 Å². The van der Waals surface area contributed by atoms with Crippen molar-refractivity contribution in [3.63, 3.8) is 0 Å². The van der Waals surface area contributed by atoms with Crippen LogP contribution in [-0.4, -0.2) is 35.2 Å². The number of imide groups is 1. The second kappa shape index (κ2) is 6.17. The minimum Gasteiger partial charge on any atom is -0.324 e. The Hall–Kier alpha value is -2.70. The van der Waals surface area contributed by atoms with Gasteiger partial charge in [0.1, 0.15) is 5.54 Å². The molecule has 158 valence electrons. The predicted molar refractivity (Wildman–Crippen MR) is 117 cm³/mol. The lowest BCUT2D eigenvalue weighted by Gasteiger charge is -2.36. The summed E-state index contributed by atoms with van der Waals surface area (Å²) in [5.41, 5.74) is 2.93. The van der Waals surface area contributed by atoms with Gasteiger partial charge in [0.15, 0.2) is 0 Å². The average Bonchev–Trinajstić information content (AvgIpc) is 3.45. The molecule has 1 N–H and O–H groups in total. The van der Waals surface area contributed by atoms with Crippen LogP contribution in [0.1, 0.15) is 29.5 Å². The lowest BCUT2D eigenvalue weighted by atomic mass is 9.75. The van der Waals surface area contributed by atoms with Crippen molar-refractivity contribution in [1.82, 2.24) is 4.90 Å². The summed E-state index contributed by atoms with van der Waals surface area (Å²) in [5.74, 6) is -2.09. The summed E-state index contributed by atoms with van der Waals surface area (Å²) in [4.78, 5) is 44.6. The molecule has 4 aliphatic heterocycles. The first kappa shape index (κ1) is 19.0. The molecular formula is C24H22ClN3O3. The van der Waals surface area contributed by atoms with Crippen molar-refractivity contribution in [2.24, 2.45) is 11.8 Å². The number of hydrogen-bond acceptors (Lipinski definition) is 4. The van der Waals surface area contributed by atoms with Crippen molar-refractivity contribution >= 4 is 40.7 Å². The van der Waals surface area contributed by atoms with Gasteiger partial charge in [-0.2, -0.15) is 0 Å². The summed E-state index contributed by atoms with van der Waals surface area (Å²) in [5, 5.41) is 3.43. The Bertz CT molecular complexity index is 1190. The summed E-state index contributed by atoms with van der Waals surface area (Å²) in [6.45, 7) is 4.69. The molecule has 0 radical (unpaired) electrons. The lowest BCUT2D eigenvalue weighted by molar-refractivity contribution is -0.135. The molecular weight excluding hydrogens is 414 g/mol. The van der Waals surface area contributed by atoms with E-state index in [9.17, 15) is 14.4 Å². The van der Waals surface area contributed by atoms with E-state index >= 15 is 0 Å². The Kier molecular flexibility index (Phi) is 3.79. The third kappa shape index (κ3) is 2.10. The Morgan fingerprint density at radius 2 is 1.84 bits per heavy atom. The molecule has 2 aromatic carbocycles. The zero-order chi connectivity index (χ0) is 21.7. The maximum atomic E-state index is 13.9. The third-order valence-electron chi connectivity index (χ3n) is 7.79. The van der Waals surface area contributed by atoms with Crippen LogP contribution < -0.4 is 10.2 Å². The van der Waals surface area contributed by atoms with E-state index in [4.69, 9.17) is 11.6 Å². The number of fused-ring (bicyclic) bond motifs is 7. The number of amides is 3. The van der Waals surface area contributed by atoms with E-state index in [0.29, 0.717) is 17.3 Å². The standard InChI is InChI=1S/C24H22ClN3O3/c1-12-9-10-14-20(13(12)2)26-23(31)24(14)19-18(17-8-5-11-27(17)24)21(29)28(22(19)30)16-7-4-3-6-15(16)25/h3-4,6-7,9-10,17-19H,5,8,11H2,1-2H3,(H,26,31)/t17-,18+,19-,24+/m0/s1. The third-order valence-corrected chi connectivity index (χ3v) is 8.11. The minimum absolute atomic E-state index is 0.132. The first-order valence-electron chi connectivity index (χ1n) is 10.7. The Balaban J connectivity index is 1.59. The number of benzene rings is 2. The quantitative estimate of drug-likeness (QED) is 0.697. The fourth-order valence-corrected chi connectivity index (χ4v) is 6.61. The van der Waals surface area contributed by atoms with Gasteiger partial charge in [-0.1, -0.05) is 35.9 Å². The molecule has 1 spiro atoms. The molecule has 6 rings (SSSR count). The Morgan fingerprint density at radius 3 is 2.61 bits per heavy atom. The zero-order valence-corrected chi connectivity index (χ0v) is 18.1. The summed E-state index contributed by atoms with van der Waals surface area (Å²) in [7, 11) is 0. The first-order valence-corrected chi connectivity index (χ1v) is 11.1. The number of halogens is 1. The monoisotopic (exact) mass is 435 g/mol. The van der Waals surface area contributed by atoms with E-state index in [1.807, 2.05) is 26.0 Å². The van der Waals surface area contributed by atoms with Crippen molar-refractivity contribution in [2.75, 3.05) is 16.8 Å². The van der Waals surface area contributed by atoms with Crippen LogP contribution in [0.5, 0.6) is 0 Å².